The molecule has 9 nitrogen and oxygen atoms in total. The Morgan fingerprint density at radius 3 is 2.76 bits per heavy atom. The summed E-state index contributed by atoms with van der Waals surface area (Å²) in [5.41, 5.74) is 1.51. The van der Waals surface area contributed by atoms with Crippen molar-refractivity contribution >= 4 is 34.4 Å². The number of ether oxygens (including phenoxy) is 2. The Hall–Kier alpha value is -2.20. The average Bonchev–Trinajstić information content (AvgIpc) is 3.29. The maximum absolute atomic E-state index is 14.2. The second-order valence-corrected chi connectivity index (χ2v) is 10.8. The quantitative estimate of drug-likeness (QED) is 0.472. The minimum Gasteiger partial charge on any atom is -0.385 e. The van der Waals surface area contributed by atoms with Crippen LogP contribution in [0, 0.1) is 11.8 Å². The number of amides is 2. The van der Waals surface area contributed by atoms with E-state index >= 15 is 0 Å². The first kappa shape index (κ1) is 27.8. The normalized spacial score (nSPS) is 20.5. The number of carbonyl (C=O) groups is 2. The zero-order valence-corrected chi connectivity index (χ0v) is 23.0. The first-order valence-corrected chi connectivity index (χ1v) is 13.8. The minimum atomic E-state index is -0.165. The van der Waals surface area contributed by atoms with Crippen molar-refractivity contribution < 1.29 is 19.1 Å². The number of unbranched alkanes of at least 4 members (excludes halogenated alkanes) is 1. The van der Waals surface area contributed by atoms with E-state index in [2.05, 4.69) is 19.2 Å². The Morgan fingerprint density at radius 1 is 1.24 bits per heavy atom. The lowest BCUT2D eigenvalue weighted by atomic mass is 9.92. The van der Waals surface area contributed by atoms with Gasteiger partial charge in [-0.25, -0.2) is 4.98 Å². The molecule has 0 saturated carbocycles. The van der Waals surface area contributed by atoms with Gasteiger partial charge < -0.3 is 29.2 Å². The van der Waals surface area contributed by atoms with Gasteiger partial charge in [-0.1, -0.05) is 31.5 Å². The van der Waals surface area contributed by atoms with Crippen LogP contribution in [-0.4, -0.2) is 96.9 Å². The third kappa shape index (κ3) is 6.63. The lowest BCUT2D eigenvalue weighted by molar-refractivity contribution is -0.140. The highest BCUT2D eigenvalue weighted by Gasteiger charge is 2.36. The highest BCUT2D eigenvalue weighted by molar-refractivity contribution is 6.35. The van der Waals surface area contributed by atoms with Gasteiger partial charge in [-0.15, -0.1) is 0 Å². The summed E-state index contributed by atoms with van der Waals surface area (Å²) >= 11 is 6.49. The molecule has 2 saturated heterocycles. The average molecular weight is 534 g/mol. The van der Waals surface area contributed by atoms with Crippen LogP contribution < -0.4 is 5.32 Å². The third-order valence-electron chi connectivity index (χ3n) is 7.16. The number of carbonyl (C=O) groups excluding carboxylic acids is 2. The number of hydrogen-bond acceptors (Lipinski definition) is 6. The number of halogens is 1. The number of hydrogen-bond donors (Lipinski definition) is 1. The standard InChI is InChI=1S/C27H40ClN5O4/c1-19(2)18-33(21-15-20(16-29-17-21)26(34)31-10-13-37-14-11-31)27(35)25-30-24-22(28)7-6-8-23(24)32(25)9-4-5-12-36-3/h6-8,19-21,29H,4-5,9-18H2,1-3H3/t20-,21+/m1/s1. The Bertz CT molecular complexity index is 1070. The Kier molecular flexibility index (Phi) is 9.81. The van der Waals surface area contributed by atoms with E-state index in [1.54, 1.807) is 13.2 Å². The zero-order chi connectivity index (χ0) is 26.4. The number of aryl methyl sites for hydroxylation is 1. The van der Waals surface area contributed by atoms with Gasteiger partial charge in [0.2, 0.25) is 5.91 Å². The summed E-state index contributed by atoms with van der Waals surface area (Å²) in [4.78, 5) is 36.0. The Balaban J connectivity index is 1.60. The number of para-hydroxylation sites is 1. The second kappa shape index (κ2) is 13.0. The summed E-state index contributed by atoms with van der Waals surface area (Å²) < 4.78 is 12.6. The largest absolute Gasteiger partial charge is 0.385 e. The summed E-state index contributed by atoms with van der Waals surface area (Å²) in [5, 5.41) is 3.96. The number of imidazole rings is 1. The van der Waals surface area contributed by atoms with E-state index in [4.69, 9.17) is 26.1 Å². The molecular weight excluding hydrogens is 494 g/mol. The van der Waals surface area contributed by atoms with Gasteiger partial charge in [0.25, 0.3) is 5.91 Å². The van der Waals surface area contributed by atoms with Crippen molar-refractivity contribution in [3.05, 3.63) is 29.0 Å². The van der Waals surface area contributed by atoms with Gasteiger partial charge in [0.05, 0.1) is 29.7 Å². The highest BCUT2D eigenvalue weighted by Crippen LogP contribution is 2.27. The van der Waals surface area contributed by atoms with Crippen LogP contribution in [0.1, 0.15) is 43.7 Å². The van der Waals surface area contributed by atoms with Crippen LogP contribution in [0.3, 0.4) is 0 Å². The van der Waals surface area contributed by atoms with Crippen LogP contribution in [0.15, 0.2) is 18.2 Å². The summed E-state index contributed by atoms with van der Waals surface area (Å²) in [7, 11) is 1.69. The molecule has 1 aromatic carbocycles. The van der Waals surface area contributed by atoms with Crippen LogP contribution in [0.5, 0.6) is 0 Å². The molecule has 0 bridgehead atoms. The SMILES string of the molecule is COCCCCn1c(C(=O)N(CC(C)C)[C@@H]2CNC[C@H](C(=O)N3CCOCC3)C2)nc2c(Cl)cccc21. The van der Waals surface area contributed by atoms with Crippen LogP contribution in [0.2, 0.25) is 5.02 Å². The highest BCUT2D eigenvalue weighted by atomic mass is 35.5. The minimum absolute atomic E-state index is 0.101. The number of nitrogens with one attached hydrogen (secondary N) is 1. The lowest BCUT2D eigenvalue weighted by Gasteiger charge is -2.40. The van der Waals surface area contributed by atoms with Crippen LogP contribution in [0.4, 0.5) is 0 Å². The summed E-state index contributed by atoms with van der Waals surface area (Å²) in [6.45, 7) is 9.82. The van der Waals surface area contributed by atoms with Gasteiger partial charge in [-0.2, -0.15) is 0 Å². The lowest BCUT2D eigenvalue weighted by Crippen LogP contribution is -2.56. The smallest absolute Gasteiger partial charge is 0.290 e. The summed E-state index contributed by atoms with van der Waals surface area (Å²) in [6, 6.07) is 5.56. The van der Waals surface area contributed by atoms with E-state index in [9.17, 15) is 9.59 Å². The van der Waals surface area contributed by atoms with Crippen molar-refractivity contribution in [3.63, 3.8) is 0 Å². The third-order valence-corrected chi connectivity index (χ3v) is 7.47. The number of rotatable bonds is 10. The number of methoxy groups -OCH3 is 1. The molecule has 2 aliphatic rings. The van der Waals surface area contributed by atoms with Gasteiger partial charge >= 0.3 is 0 Å². The first-order valence-electron chi connectivity index (χ1n) is 13.4. The maximum Gasteiger partial charge on any atom is 0.290 e. The van der Waals surface area contributed by atoms with E-state index in [1.807, 2.05) is 26.5 Å². The molecule has 2 atom stereocenters. The molecule has 37 heavy (non-hydrogen) atoms. The van der Waals surface area contributed by atoms with Crippen molar-refractivity contribution in [2.24, 2.45) is 11.8 Å². The van der Waals surface area contributed by atoms with Gasteiger partial charge in [-0.3, -0.25) is 9.59 Å². The van der Waals surface area contributed by atoms with E-state index in [0.717, 1.165) is 18.4 Å². The fraction of sp³-hybridized carbons (Fsp3) is 0.667. The molecule has 1 aromatic heterocycles. The van der Waals surface area contributed by atoms with Crippen molar-refractivity contribution in [2.75, 3.05) is 59.7 Å². The molecule has 2 amide bonds. The first-order chi connectivity index (χ1) is 17.9. The molecule has 2 aliphatic heterocycles. The van der Waals surface area contributed by atoms with E-state index in [1.165, 1.54) is 0 Å². The predicted molar refractivity (Wildman–Crippen MR) is 144 cm³/mol. The molecular formula is C27H40ClN5O4. The number of benzene rings is 1. The van der Waals surface area contributed by atoms with Gasteiger partial charge in [0.1, 0.15) is 5.52 Å². The fourth-order valence-corrected chi connectivity index (χ4v) is 5.54. The van der Waals surface area contributed by atoms with Gasteiger partial charge in [-0.05, 0) is 37.3 Å². The molecule has 10 heteroatoms. The molecule has 0 unspecified atom stereocenters. The molecule has 0 aliphatic carbocycles. The number of piperidine rings is 1. The molecule has 3 heterocycles. The number of aromatic nitrogens is 2. The molecule has 0 spiro atoms. The van der Waals surface area contributed by atoms with Crippen molar-refractivity contribution in [1.29, 1.82) is 0 Å². The van der Waals surface area contributed by atoms with Gasteiger partial charge in [0, 0.05) is 59.0 Å². The molecule has 1 N–H and O–H groups in total. The zero-order valence-electron chi connectivity index (χ0n) is 22.2. The van der Waals surface area contributed by atoms with Gasteiger partial charge in [0.15, 0.2) is 5.82 Å². The van der Waals surface area contributed by atoms with Crippen LogP contribution in [0.25, 0.3) is 11.0 Å². The molecule has 2 fully saturated rings. The van der Waals surface area contributed by atoms with Crippen LogP contribution in [-0.2, 0) is 20.8 Å². The van der Waals surface area contributed by atoms with Crippen molar-refractivity contribution in [3.8, 4) is 0 Å². The topological polar surface area (TPSA) is 88.9 Å². The molecule has 2 aromatic rings. The monoisotopic (exact) mass is 533 g/mol. The summed E-state index contributed by atoms with van der Waals surface area (Å²) in [5.74, 6) is 0.542. The maximum atomic E-state index is 14.2. The molecule has 0 radical (unpaired) electrons. The van der Waals surface area contributed by atoms with E-state index in [-0.39, 0.29) is 29.7 Å². The Morgan fingerprint density at radius 2 is 2.03 bits per heavy atom. The van der Waals surface area contributed by atoms with E-state index in [0.29, 0.717) is 81.9 Å². The van der Waals surface area contributed by atoms with E-state index < -0.39 is 0 Å². The van der Waals surface area contributed by atoms with Crippen LogP contribution >= 0.6 is 11.6 Å². The van der Waals surface area contributed by atoms with Crippen molar-refractivity contribution in [2.45, 2.75) is 45.7 Å². The number of morpholine rings is 1. The summed E-state index contributed by atoms with van der Waals surface area (Å²) in [6.07, 6.45) is 2.38. The number of nitrogens with zero attached hydrogens (tertiary/aromatic N) is 4. The van der Waals surface area contributed by atoms with Crippen molar-refractivity contribution in [1.82, 2.24) is 24.7 Å². The second-order valence-electron chi connectivity index (χ2n) is 10.4. The predicted octanol–water partition coefficient (Wildman–Crippen LogP) is 3.05. The molecule has 204 valence electrons. The number of fused-ring (bicyclic) bond motifs is 1. The Labute approximate surface area is 224 Å². The fourth-order valence-electron chi connectivity index (χ4n) is 5.33. The molecule has 4 rings (SSSR count).